The van der Waals surface area contributed by atoms with Crippen molar-refractivity contribution in [2.45, 2.75) is 51.3 Å². The molecule has 0 bridgehead atoms. The molecule has 1 amide bonds. The Labute approximate surface area is 153 Å². The summed E-state index contributed by atoms with van der Waals surface area (Å²) in [5, 5.41) is 15.8. The first-order valence-corrected chi connectivity index (χ1v) is 8.97. The first kappa shape index (κ1) is 18.3. The van der Waals surface area contributed by atoms with Crippen molar-refractivity contribution in [3.8, 4) is 0 Å². The summed E-state index contributed by atoms with van der Waals surface area (Å²) in [7, 11) is 0. The van der Waals surface area contributed by atoms with Crippen molar-refractivity contribution in [3.63, 3.8) is 0 Å². The number of aliphatic hydroxyl groups excluding tert-OH is 1. The maximum atomic E-state index is 12.6. The third-order valence-corrected chi connectivity index (χ3v) is 4.57. The predicted octanol–water partition coefficient (Wildman–Crippen LogP) is 1.80. The normalized spacial score (nSPS) is 20.3. The van der Waals surface area contributed by atoms with E-state index < -0.39 is 0 Å². The molecule has 2 heterocycles. The van der Waals surface area contributed by atoms with E-state index in [9.17, 15) is 9.90 Å². The van der Waals surface area contributed by atoms with Crippen LogP contribution in [0.1, 0.15) is 42.6 Å². The van der Waals surface area contributed by atoms with E-state index in [-0.39, 0.29) is 30.0 Å². The van der Waals surface area contributed by atoms with Gasteiger partial charge in [0.25, 0.3) is 5.91 Å². The number of hydrogen-bond acceptors (Lipinski definition) is 6. The summed E-state index contributed by atoms with van der Waals surface area (Å²) in [4.78, 5) is 25.0. The standard InChI is InChI=1S/C19H25N5O2/c1-12(2)23-19-21-10-15(11-22-19)18(26)24-17(14-8-16(25)9-14)7-13-3-5-20-6-4-13/h3-6,10-12,14,16-17,25H,7-9H2,1-2H3,(H,24,26)(H,21,22,23)/t14?,16?,17-/m1/s1. The molecule has 0 radical (unpaired) electrons. The van der Waals surface area contributed by atoms with Gasteiger partial charge in [-0.1, -0.05) is 0 Å². The summed E-state index contributed by atoms with van der Waals surface area (Å²) < 4.78 is 0. The molecule has 1 aliphatic carbocycles. The smallest absolute Gasteiger partial charge is 0.254 e. The number of carbonyl (C=O) groups excluding carboxylic acids is 1. The minimum atomic E-state index is -0.262. The van der Waals surface area contributed by atoms with E-state index in [1.165, 1.54) is 12.4 Å². The molecule has 7 heteroatoms. The van der Waals surface area contributed by atoms with Crippen LogP contribution >= 0.6 is 0 Å². The number of nitrogens with one attached hydrogen (secondary N) is 2. The molecule has 7 nitrogen and oxygen atoms in total. The molecule has 3 N–H and O–H groups in total. The first-order valence-electron chi connectivity index (χ1n) is 8.97. The average molecular weight is 355 g/mol. The zero-order valence-electron chi connectivity index (χ0n) is 15.1. The molecular weight excluding hydrogens is 330 g/mol. The lowest BCUT2D eigenvalue weighted by Crippen LogP contribution is -2.48. The Morgan fingerprint density at radius 1 is 1.23 bits per heavy atom. The van der Waals surface area contributed by atoms with Gasteiger partial charge in [-0.25, -0.2) is 9.97 Å². The van der Waals surface area contributed by atoms with E-state index in [0.29, 0.717) is 30.8 Å². The van der Waals surface area contributed by atoms with E-state index in [1.807, 2.05) is 26.0 Å². The molecule has 0 unspecified atom stereocenters. The number of carbonyl (C=O) groups is 1. The van der Waals surface area contributed by atoms with Crippen LogP contribution in [0.15, 0.2) is 36.9 Å². The quantitative estimate of drug-likeness (QED) is 0.700. The van der Waals surface area contributed by atoms with Gasteiger partial charge < -0.3 is 15.7 Å². The van der Waals surface area contributed by atoms with Gasteiger partial charge >= 0.3 is 0 Å². The molecule has 0 aliphatic heterocycles. The number of rotatable bonds is 7. The fraction of sp³-hybridized carbons (Fsp3) is 0.474. The third kappa shape index (κ3) is 4.76. The van der Waals surface area contributed by atoms with Crippen LogP contribution in [-0.4, -0.2) is 44.2 Å². The van der Waals surface area contributed by atoms with Crippen molar-refractivity contribution in [1.82, 2.24) is 20.3 Å². The average Bonchev–Trinajstić information content (AvgIpc) is 2.59. The predicted molar refractivity (Wildman–Crippen MR) is 98.7 cm³/mol. The molecule has 0 spiro atoms. The maximum absolute atomic E-state index is 12.6. The van der Waals surface area contributed by atoms with Crippen LogP contribution in [0.25, 0.3) is 0 Å². The summed E-state index contributed by atoms with van der Waals surface area (Å²) in [6.07, 6.45) is 8.43. The Bertz CT molecular complexity index is 714. The topological polar surface area (TPSA) is 100 Å². The number of aliphatic hydroxyl groups is 1. The molecule has 0 aromatic carbocycles. The SMILES string of the molecule is CC(C)Nc1ncc(C(=O)N[C@H](Cc2ccncc2)C2CC(O)C2)cn1. The second kappa shape index (κ2) is 8.23. The highest BCUT2D eigenvalue weighted by Crippen LogP contribution is 2.31. The summed E-state index contributed by atoms with van der Waals surface area (Å²) >= 11 is 0. The van der Waals surface area contributed by atoms with E-state index in [4.69, 9.17) is 0 Å². The van der Waals surface area contributed by atoms with E-state index in [1.54, 1.807) is 12.4 Å². The van der Waals surface area contributed by atoms with Gasteiger partial charge in [-0.05, 0) is 56.7 Å². The number of anilines is 1. The lowest BCUT2D eigenvalue weighted by atomic mass is 9.75. The summed E-state index contributed by atoms with van der Waals surface area (Å²) in [5.74, 6) is 0.582. The number of amides is 1. The van der Waals surface area contributed by atoms with E-state index >= 15 is 0 Å². The Morgan fingerprint density at radius 3 is 2.46 bits per heavy atom. The molecule has 2 aromatic heterocycles. The molecular formula is C19H25N5O2. The van der Waals surface area contributed by atoms with Crippen molar-refractivity contribution < 1.29 is 9.90 Å². The van der Waals surface area contributed by atoms with Crippen LogP contribution in [0, 0.1) is 5.92 Å². The zero-order valence-corrected chi connectivity index (χ0v) is 15.1. The van der Waals surface area contributed by atoms with Crippen LogP contribution in [0.4, 0.5) is 5.95 Å². The fourth-order valence-electron chi connectivity index (χ4n) is 3.10. The van der Waals surface area contributed by atoms with Crippen LogP contribution < -0.4 is 10.6 Å². The highest BCUT2D eigenvalue weighted by Gasteiger charge is 2.35. The molecule has 2 aromatic rings. The molecule has 1 atom stereocenters. The lowest BCUT2D eigenvalue weighted by molar-refractivity contribution is 0.0239. The van der Waals surface area contributed by atoms with Crippen molar-refractivity contribution in [3.05, 3.63) is 48.0 Å². The van der Waals surface area contributed by atoms with Crippen molar-refractivity contribution >= 4 is 11.9 Å². The Balaban J connectivity index is 1.66. The fourth-order valence-corrected chi connectivity index (χ4v) is 3.10. The summed E-state index contributed by atoms with van der Waals surface area (Å²) in [6.45, 7) is 4.00. The van der Waals surface area contributed by atoms with Gasteiger partial charge in [0, 0.05) is 36.9 Å². The van der Waals surface area contributed by atoms with E-state index in [2.05, 4.69) is 25.6 Å². The van der Waals surface area contributed by atoms with Crippen LogP contribution in [0.2, 0.25) is 0 Å². The second-order valence-electron chi connectivity index (χ2n) is 7.12. The monoisotopic (exact) mass is 355 g/mol. The molecule has 1 aliphatic rings. The minimum Gasteiger partial charge on any atom is -0.393 e. The van der Waals surface area contributed by atoms with Crippen LogP contribution in [0.3, 0.4) is 0 Å². The Kier molecular flexibility index (Phi) is 5.78. The minimum absolute atomic E-state index is 0.0400. The number of pyridine rings is 1. The van der Waals surface area contributed by atoms with Gasteiger partial charge in [0.2, 0.25) is 5.95 Å². The summed E-state index contributed by atoms with van der Waals surface area (Å²) in [5.41, 5.74) is 1.54. The van der Waals surface area contributed by atoms with Gasteiger partial charge in [-0.15, -0.1) is 0 Å². The largest absolute Gasteiger partial charge is 0.393 e. The van der Waals surface area contributed by atoms with Crippen LogP contribution in [0.5, 0.6) is 0 Å². The van der Waals surface area contributed by atoms with Gasteiger partial charge in [-0.2, -0.15) is 0 Å². The molecule has 138 valence electrons. The maximum Gasteiger partial charge on any atom is 0.254 e. The molecule has 0 saturated heterocycles. The number of nitrogens with zero attached hydrogens (tertiary/aromatic N) is 3. The lowest BCUT2D eigenvalue weighted by Gasteiger charge is -2.38. The van der Waals surface area contributed by atoms with Crippen molar-refractivity contribution in [2.75, 3.05) is 5.32 Å². The zero-order chi connectivity index (χ0) is 18.5. The summed E-state index contributed by atoms with van der Waals surface area (Å²) in [6, 6.07) is 4.08. The Hall–Kier alpha value is -2.54. The van der Waals surface area contributed by atoms with Gasteiger partial charge in [-0.3, -0.25) is 9.78 Å². The van der Waals surface area contributed by atoms with Gasteiger partial charge in [0.05, 0.1) is 11.7 Å². The molecule has 26 heavy (non-hydrogen) atoms. The molecule has 1 saturated carbocycles. The van der Waals surface area contributed by atoms with Crippen molar-refractivity contribution in [1.29, 1.82) is 0 Å². The Morgan fingerprint density at radius 2 is 1.88 bits per heavy atom. The van der Waals surface area contributed by atoms with Crippen molar-refractivity contribution in [2.24, 2.45) is 5.92 Å². The second-order valence-corrected chi connectivity index (χ2v) is 7.12. The highest BCUT2D eigenvalue weighted by atomic mass is 16.3. The molecule has 3 rings (SSSR count). The van der Waals surface area contributed by atoms with E-state index in [0.717, 1.165) is 5.56 Å². The molecule has 1 fully saturated rings. The van der Waals surface area contributed by atoms with Gasteiger partial charge in [0.1, 0.15) is 0 Å². The third-order valence-electron chi connectivity index (χ3n) is 4.57. The highest BCUT2D eigenvalue weighted by molar-refractivity contribution is 5.93. The van der Waals surface area contributed by atoms with Gasteiger partial charge in [0.15, 0.2) is 0 Å². The number of aromatic nitrogens is 3. The first-order chi connectivity index (χ1) is 12.5. The van der Waals surface area contributed by atoms with Crippen LogP contribution in [-0.2, 0) is 6.42 Å². The number of hydrogen-bond donors (Lipinski definition) is 3.